The van der Waals surface area contributed by atoms with Crippen LogP contribution in [0.3, 0.4) is 0 Å². The number of carbonyl (C=O) groups is 1. The van der Waals surface area contributed by atoms with E-state index in [9.17, 15) is 13.2 Å². The molecule has 0 fully saturated rings. The molecule has 1 N–H and O–H groups in total. The van der Waals surface area contributed by atoms with E-state index in [2.05, 4.69) is 5.32 Å². The van der Waals surface area contributed by atoms with Gasteiger partial charge in [-0.3, -0.25) is 9.10 Å². The van der Waals surface area contributed by atoms with Crippen LogP contribution in [0.15, 0.2) is 72.8 Å². The number of nitrogens with zero attached hydrogens (tertiary/aromatic N) is 1. The van der Waals surface area contributed by atoms with Gasteiger partial charge in [0.05, 0.1) is 17.6 Å². The van der Waals surface area contributed by atoms with E-state index in [0.717, 1.165) is 6.26 Å². The highest BCUT2D eigenvalue weighted by Gasteiger charge is 2.18. The van der Waals surface area contributed by atoms with Gasteiger partial charge in [0.15, 0.2) is 5.75 Å². The highest BCUT2D eigenvalue weighted by atomic mass is 35.5. The fourth-order valence-electron chi connectivity index (χ4n) is 3.02. The largest absolute Gasteiger partial charge is 0.455 e. The summed E-state index contributed by atoms with van der Waals surface area (Å²) in [6.45, 7) is 0.134. The lowest BCUT2D eigenvalue weighted by molar-refractivity contribution is -0.116. The number of anilines is 2. The minimum Gasteiger partial charge on any atom is -0.455 e. The molecule has 3 rings (SSSR count). The van der Waals surface area contributed by atoms with E-state index in [1.54, 1.807) is 54.6 Å². The molecule has 0 unspecified atom stereocenters. The van der Waals surface area contributed by atoms with Crippen LogP contribution in [0.1, 0.15) is 12.8 Å². The van der Waals surface area contributed by atoms with Gasteiger partial charge in [-0.1, -0.05) is 47.5 Å². The standard InChI is InChI=1S/C23H22Cl2N2O4S/c1-32(29,30)27(19-8-5-7-17(24)15-19)14-6-11-23(28)26-21-16-18(25)12-13-22(21)31-20-9-3-2-4-10-20/h2-5,7-10,12-13,15-16H,6,11,14H2,1H3,(H,26,28). The zero-order valence-corrected chi connectivity index (χ0v) is 19.6. The minimum absolute atomic E-state index is 0.101. The van der Waals surface area contributed by atoms with Crippen molar-refractivity contribution in [1.82, 2.24) is 0 Å². The average molecular weight is 493 g/mol. The number of amides is 1. The van der Waals surface area contributed by atoms with Gasteiger partial charge in [-0.05, 0) is 55.0 Å². The third-order valence-corrected chi connectivity index (χ3v) is 6.11. The Morgan fingerprint density at radius 2 is 1.69 bits per heavy atom. The van der Waals surface area contributed by atoms with Crippen LogP contribution in [-0.4, -0.2) is 27.1 Å². The summed E-state index contributed by atoms with van der Waals surface area (Å²) in [6.07, 6.45) is 1.53. The topological polar surface area (TPSA) is 75.7 Å². The maximum atomic E-state index is 12.6. The summed E-state index contributed by atoms with van der Waals surface area (Å²) in [5.41, 5.74) is 0.884. The van der Waals surface area contributed by atoms with Crippen LogP contribution in [0.25, 0.3) is 0 Å². The van der Waals surface area contributed by atoms with Crippen molar-refractivity contribution in [3.05, 3.63) is 82.8 Å². The lowest BCUT2D eigenvalue weighted by Crippen LogP contribution is -2.31. The molecule has 0 bridgehead atoms. The summed E-state index contributed by atoms with van der Waals surface area (Å²) in [4.78, 5) is 12.6. The second-order valence-corrected chi connectivity index (χ2v) is 9.80. The monoisotopic (exact) mass is 492 g/mol. The first-order valence-corrected chi connectivity index (χ1v) is 12.4. The molecule has 9 heteroatoms. The number of carbonyl (C=O) groups excluding carboxylic acids is 1. The third-order valence-electron chi connectivity index (χ3n) is 4.45. The van der Waals surface area contributed by atoms with E-state index in [-0.39, 0.29) is 18.9 Å². The molecule has 0 radical (unpaired) electrons. The quantitative estimate of drug-likeness (QED) is 0.399. The molecule has 32 heavy (non-hydrogen) atoms. The number of hydrogen-bond donors (Lipinski definition) is 1. The van der Waals surface area contributed by atoms with Gasteiger partial charge in [-0.15, -0.1) is 0 Å². The molecule has 6 nitrogen and oxygen atoms in total. The summed E-state index contributed by atoms with van der Waals surface area (Å²) in [5, 5.41) is 3.68. The third kappa shape index (κ3) is 6.88. The molecular formula is C23H22Cl2N2O4S. The second-order valence-electron chi connectivity index (χ2n) is 7.02. The van der Waals surface area contributed by atoms with Gasteiger partial charge < -0.3 is 10.1 Å². The van der Waals surface area contributed by atoms with Crippen LogP contribution in [-0.2, 0) is 14.8 Å². The zero-order chi connectivity index (χ0) is 23.1. The van der Waals surface area contributed by atoms with Crippen LogP contribution < -0.4 is 14.4 Å². The molecule has 0 heterocycles. The first kappa shape index (κ1) is 23.9. The summed E-state index contributed by atoms with van der Waals surface area (Å²) < 4.78 is 31.5. The van der Waals surface area contributed by atoms with Crippen molar-refractivity contribution < 1.29 is 17.9 Å². The first-order valence-electron chi connectivity index (χ1n) is 9.78. The smallest absolute Gasteiger partial charge is 0.232 e. The van der Waals surface area contributed by atoms with Gasteiger partial charge in [0, 0.05) is 23.0 Å². The zero-order valence-electron chi connectivity index (χ0n) is 17.3. The van der Waals surface area contributed by atoms with E-state index in [1.807, 2.05) is 18.2 Å². The van der Waals surface area contributed by atoms with Crippen LogP contribution in [0.5, 0.6) is 11.5 Å². The molecule has 0 aromatic heterocycles. The highest BCUT2D eigenvalue weighted by molar-refractivity contribution is 7.92. The van der Waals surface area contributed by atoms with Crippen molar-refractivity contribution in [2.45, 2.75) is 12.8 Å². The van der Waals surface area contributed by atoms with E-state index < -0.39 is 10.0 Å². The molecule has 1 amide bonds. The lowest BCUT2D eigenvalue weighted by Gasteiger charge is -2.22. The summed E-state index contributed by atoms with van der Waals surface area (Å²) in [6, 6.07) is 20.7. The van der Waals surface area contributed by atoms with E-state index in [0.29, 0.717) is 39.3 Å². The van der Waals surface area contributed by atoms with Gasteiger partial charge in [0.1, 0.15) is 5.75 Å². The maximum Gasteiger partial charge on any atom is 0.232 e. The van der Waals surface area contributed by atoms with E-state index in [4.69, 9.17) is 27.9 Å². The SMILES string of the molecule is CS(=O)(=O)N(CCCC(=O)Nc1cc(Cl)ccc1Oc1ccccc1)c1cccc(Cl)c1. The first-order chi connectivity index (χ1) is 15.2. The molecule has 0 aliphatic heterocycles. The number of nitrogens with one attached hydrogen (secondary N) is 1. The minimum atomic E-state index is -3.53. The molecule has 0 aliphatic carbocycles. The fraction of sp³-hybridized carbons (Fsp3) is 0.174. The number of rotatable bonds is 9. The van der Waals surface area contributed by atoms with E-state index in [1.165, 1.54) is 4.31 Å². The van der Waals surface area contributed by atoms with Crippen molar-refractivity contribution >= 4 is 50.5 Å². The molecule has 3 aromatic carbocycles. The average Bonchev–Trinajstić information content (AvgIpc) is 2.73. The molecule has 0 aliphatic rings. The predicted molar refractivity (Wildman–Crippen MR) is 129 cm³/mol. The Balaban J connectivity index is 1.65. The number of sulfonamides is 1. The highest BCUT2D eigenvalue weighted by Crippen LogP contribution is 2.32. The number of hydrogen-bond acceptors (Lipinski definition) is 4. The molecule has 3 aromatic rings. The lowest BCUT2D eigenvalue weighted by atomic mass is 10.2. The Morgan fingerprint density at radius 1 is 0.969 bits per heavy atom. The van der Waals surface area contributed by atoms with E-state index >= 15 is 0 Å². The van der Waals surface area contributed by atoms with Crippen LogP contribution in [0, 0.1) is 0 Å². The Morgan fingerprint density at radius 3 is 2.38 bits per heavy atom. The Kier molecular flexibility index (Phi) is 8.01. The number of benzene rings is 3. The van der Waals surface area contributed by atoms with Gasteiger partial charge in [-0.25, -0.2) is 8.42 Å². The second kappa shape index (κ2) is 10.7. The Hall–Kier alpha value is -2.74. The summed E-state index contributed by atoms with van der Waals surface area (Å²) >= 11 is 12.1. The fourth-order valence-corrected chi connectivity index (χ4v) is 4.33. The van der Waals surface area contributed by atoms with Gasteiger partial charge in [-0.2, -0.15) is 0 Å². The molecular weight excluding hydrogens is 471 g/mol. The predicted octanol–water partition coefficient (Wildman–Crippen LogP) is 5.97. The van der Waals surface area contributed by atoms with Crippen molar-refractivity contribution in [2.75, 3.05) is 22.4 Å². The molecule has 0 saturated carbocycles. The number of ether oxygens (including phenoxy) is 1. The normalized spacial score (nSPS) is 11.1. The van der Waals surface area contributed by atoms with Crippen LogP contribution in [0.2, 0.25) is 10.0 Å². The van der Waals surface area contributed by atoms with Gasteiger partial charge in [0.25, 0.3) is 0 Å². The van der Waals surface area contributed by atoms with Crippen LogP contribution in [0.4, 0.5) is 11.4 Å². The molecule has 0 spiro atoms. The molecule has 0 atom stereocenters. The van der Waals surface area contributed by atoms with Crippen molar-refractivity contribution in [2.24, 2.45) is 0 Å². The van der Waals surface area contributed by atoms with Crippen molar-refractivity contribution in [3.8, 4) is 11.5 Å². The van der Waals surface area contributed by atoms with Crippen molar-refractivity contribution in [1.29, 1.82) is 0 Å². The van der Waals surface area contributed by atoms with Crippen molar-refractivity contribution in [3.63, 3.8) is 0 Å². The number of halogens is 2. The Bertz CT molecular complexity index is 1190. The van der Waals surface area contributed by atoms with Crippen LogP contribution >= 0.6 is 23.2 Å². The number of para-hydroxylation sites is 1. The summed E-state index contributed by atoms with van der Waals surface area (Å²) in [5.74, 6) is 0.783. The summed E-state index contributed by atoms with van der Waals surface area (Å²) in [7, 11) is -3.53. The van der Waals surface area contributed by atoms with Gasteiger partial charge in [0.2, 0.25) is 15.9 Å². The van der Waals surface area contributed by atoms with Gasteiger partial charge >= 0.3 is 0 Å². The Labute approximate surface area is 197 Å². The molecule has 0 saturated heterocycles. The molecule has 168 valence electrons. The maximum absolute atomic E-state index is 12.6.